The van der Waals surface area contributed by atoms with Gasteiger partial charge >= 0.3 is 0 Å². The van der Waals surface area contributed by atoms with Gasteiger partial charge in [0.05, 0.1) is 11.1 Å². The van der Waals surface area contributed by atoms with E-state index in [2.05, 4.69) is 24.2 Å². The van der Waals surface area contributed by atoms with E-state index in [1.807, 2.05) is 18.4 Å². The van der Waals surface area contributed by atoms with Gasteiger partial charge in [0.1, 0.15) is 10.6 Å². The highest BCUT2D eigenvalue weighted by molar-refractivity contribution is 7.98. The molecule has 6 nitrogen and oxygen atoms in total. The minimum atomic E-state index is 0.134. The maximum absolute atomic E-state index is 13.5. The molecule has 0 atom stereocenters. The lowest BCUT2D eigenvalue weighted by molar-refractivity contribution is 0.379. The van der Waals surface area contributed by atoms with Gasteiger partial charge in [0.2, 0.25) is 0 Å². The van der Waals surface area contributed by atoms with Crippen LogP contribution in [0.25, 0.3) is 10.2 Å². The van der Waals surface area contributed by atoms with Gasteiger partial charge in [-0.05, 0) is 72.2 Å². The Morgan fingerprint density at radius 3 is 2.76 bits per heavy atom. The summed E-state index contributed by atoms with van der Waals surface area (Å²) in [5, 5.41) is 5.73. The largest absolute Gasteiger partial charge is 0.361 e. The Hall–Kier alpha value is -1.64. The van der Waals surface area contributed by atoms with Crippen LogP contribution < -0.4 is 5.56 Å². The van der Waals surface area contributed by atoms with Crippen molar-refractivity contribution in [3.05, 3.63) is 37.8 Å². The number of rotatable bonds is 7. The lowest BCUT2D eigenvalue weighted by Gasteiger charge is -2.15. The van der Waals surface area contributed by atoms with Gasteiger partial charge in [-0.25, -0.2) is 4.98 Å². The molecule has 0 amide bonds. The first-order valence-electron chi connectivity index (χ1n) is 10.2. The van der Waals surface area contributed by atoms with Crippen molar-refractivity contribution in [3.63, 3.8) is 0 Å². The molecule has 0 radical (unpaired) electrons. The van der Waals surface area contributed by atoms with E-state index in [1.165, 1.54) is 23.3 Å². The van der Waals surface area contributed by atoms with Gasteiger partial charge < -0.3 is 9.42 Å². The highest BCUT2D eigenvalue weighted by Gasteiger charge is 2.22. The number of aromatic nitrogens is 3. The molecule has 1 aliphatic carbocycles. The van der Waals surface area contributed by atoms with Gasteiger partial charge in [0.25, 0.3) is 5.56 Å². The van der Waals surface area contributed by atoms with Crippen LogP contribution in [0.5, 0.6) is 0 Å². The number of hydrogen-bond donors (Lipinski definition) is 0. The molecule has 156 valence electrons. The first-order valence-corrected chi connectivity index (χ1v) is 12.0. The minimum Gasteiger partial charge on any atom is -0.361 e. The van der Waals surface area contributed by atoms with E-state index in [0.29, 0.717) is 12.3 Å². The van der Waals surface area contributed by atoms with Gasteiger partial charge in [-0.3, -0.25) is 9.36 Å². The molecule has 29 heavy (non-hydrogen) atoms. The Balaban J connectivity index is 1.73. The van der Waals surface area contributed by atoms with E-state index < -0.39 is 0 Å². The molecule has 0 fully saturated rings. The Morgan fingerprint density at radius 2 is 2.03 bits per heavy atom. The fourth-order valence-electron chi connectivity index (χ4n) is 3.92. The van der Waals surface area contributed by atoms with E-state index >= 15 is 0 Å². The molecule has 4 rings (SSSR count). The average Bonchev–Trinajstić information content (AvgIpc) is 3.21. The van der Waals surface area contributed by atoms with Gasteiger partial charge in [-0.1, -0.05) is 16.9 Å². The van der Waals surface area contributed by atoms with Gasteiger partial charge in [-0.15, -0.1) is 11.3 Å². The van der Waals surface area contributed by atoms with Gasteiger partial charge in [0, 0.05) is 22.7 Å². The molecule has 0 aliphatic heterocycles. The highest BCUT2D eigenvalue weighted by atomic mass is 32.2. The van der Waals surface area contributed by atoms with Crippen molar-refractivity contribution in [2.45, 2.75) is 63.4 Å². The van der Waals surface area contributed by atoms with Crippen molar-refractivity contribution in [1.29, 1.82) is 0 Å². The molecule has 0 bridgehead atoms. The maximum Gasteiger partial charge on any atom is 0.263 e. The number of nitrogens with zero attached hydrogens (tertiary/aromatic N) is 4. The van der Waals surface area contributed by atoms with E-state index in [4.69, 9.17) is 9.51 Å². The molecular weight excluding hydrogens is 404 g/mol. The summed E-state index contributed by atoms with van der Waals surface area (Å²) in [4.78, 5) is 22.9. The monoisotopic (exact) mass is 432 g/mol. The molecule has 0 unspecified atom stereocenters. The zero-order chi connectivity index (χ0) is 20.5. The van der Waals surface area contributed by atoms with E-state index in [1.54, 1.807) is 23.1 Å². The standard InChI is InChI=1S/C21H28N4O2S2/c1-13-16(14(2)27-23-13)12-28-21-22-19-18(15-8-5-6-9-17(15)29-19)20(26)25(21)11-7-10-24(3)4/h5-12H2,1-4H3. The van der Waals surface area contributed by atoms with Crippen LogP contribution >= 0.6 is 23.1 Å². The predicted molar refractivity (Wildman–Crippen MR) is 119 cm³/mol. The van der Waals surface area contributed by atoms with Crippen molar-refractivity contribution in [1.82, 2.24) is 19.6 Å². The van der Waals surface area contributed by atoms with Crippen molar-refractivity contribution >= 4 is 33.3 Å². The zero-order valence-corrected chi connectivity index (χ0v) is 19.2. The molecular formula is C21H28N4O2S2. The topological polar surface area (TPSA) is 64.2 Å². The fourth-order valence-corrected chi connectivity index (χ4v) is 6.40. The number of aryl methyl sites for hydroxylation is 4. The predicted octanol–water partition coefficient (Wildman–Crippen LogP) is 4.19. The molecule has 0 saturated heterocycles. The Bertz CT molecular complexity index is 1060. The summed E-state index contributed by atoms with van der Waals surface area (Å²) in [6.45, 7) is 5.53. The number of thioether (sulfide) groups is 1. The fraction of sp³-hybridized carbons (Fsp3) is 0.571. The van der Waals surface area contributed by atoms with Crippen LogP contribution in [0.2, 0.25) is 0 Å². The third kappa shape index (κ3) is 4.15. The second-order valence-electron chi connectivity index (χ2n) is 7.99. The average molecular weight is 433 g/mol. The molecule has 0 spiro atoms. The highest BCUT2D eigenvalue weighted by Crippen LogP contribution is 2.35. The molecule has 3 aromatic rings. The number of hydrogen-bond acceptors (Lipinski definition) is 7. The van der Waals surface area contributed by atoms with Crippen molar-refractivity contribution in [3.8, 4) is 0 Å². The van der Waals surface area contributed by atoms with Crippen LogP contribution in [0.4, 0.5) is 0 Å². The second-order valence-corrected chi connectivity index (χ2v) is 10.0. The molecule has 1 aliphatic rings. The number of thiophene rings is 1. The summed E-state index contributed by atoms with van der Waals surface area (Å²) < 4.78 is 7.20. The van der Waals surface area contributed by atoms with Crippen LogP contribution in [-0.2, 0) is 25.1 Å². The van der Waals surface area contributed by atoms with Crippen molar-refractivity contribution in [2.75, 3.05) is 20.6 Å². The second kappa shape index (κ2) is 8.62. The van der Waals surface area contributed by atoms with Crippen LogP contribution in [0, 0.1) is 13.8 Å². The summed E-state index contributed by atoms with van der Waals surface area (Å²) in [6, 6.07) is 0. The first kappa shape index (κ1) is 20.6. The quantitative estimate of drug-likeness (QED) is 0.412. The van der Waals surface area contributed by atoms with Crippen molar-refractivity contribution < 1.29 is 4.52 Å². The Morgan fingerprint density at radius 1 is 1.24 bits per heavy atom. The van der Waals surface area contributed by atoms with Crippen LogP contribution in [0.3, 0.4) is 0 Å². The molecule has 0 N–H and O–H groups in total. The summed E-state index contributed by atoms with van der Waals surface area (Å²) in [5.41, 5.74) is 3.39. The zero-order valence-electron chi connectivity index (χ0n) is 17.6. The molecule has 8 heteroatoms. The molecule has 0 saturated carbocycles. The summed E-state index contributed by atoms with van der Waals surface area (Å²) in [6.07, 6.45) is 5.39. The Labute approximate surface area is 179 Å². The summed E-state index contributed by atoms with van der Waals surface area (Å²) >= 11 is 3.33. The lowest BCUT2D eigenvalue weighted by Crippen LogP contribution is -2.26. The maximum atomic E-state index is 13.5. The van der Waals surface area contributed by atoms with E-state index in [-0.39, 0.29) is 5.56 Å². The van der Waals surface area contributed by atoms with Crippen molar-refractivity contribution in [2.24, 2.45) is 0 Å². The lowest BCUT2D eigenvalue weighted by atomic mass is 9.97. The molecule has 3 aromatic heterocycles. The molecule has 0 aromatic carbocycles. The smallest absolute Gasteiger partial charge is 0.263 e. The van der Waals surface area contributed by atoms with Gasteiger partial charge in [-0.2, -0.15) is 0 Å². The van der Waals surface area contributed by atoms with Crippen LogP contribution in [0.1, 0.15) is 46.7 Å². The Kier molecular flexibility index (Phi) is 6.13. The van der Waals surface area contributed by atoms with E-state index in [9.17, 15) is 4.79 Å². The summed E-state index contributed by atoms with van der Waals surface area (Å²) in [5.74, 6) is 1.54. The third-order valence-electron chi connectivity index (χ3n) is 5.55. The van der Waals surface area contributed by atoms with Gasteiger partial charge in [0.15, 0.2) is 5.16 Å². The van der Waals surface area contributed by atoms with Crippen LogP contribution in [0.15, 0.2) is 14.5 Å². The summed E-state index contributed by atoms with van der Waals surface area (Å²) in [7, 11) is 4.12. The SMILES string of the molecule is Cc1noc(C)c1CSc1nc2sc3c(c2c(=O)n1CCCN(C)C)CCCC3. The first-order chi connectivity index (χ1) is 14.0. The molecule has 3 heterocycles. The third-order valence-corrected chi connectivity index (χ3v) is 7.74. The van der Waals surface area contributed by atoms with E-state index in [0.717, 1.165) is 58.2 Å². The normalized spacial score (nSPS) is 14.1. The number of fused-ring (bicyclic) bond motifs is 3. The van der Waals surface area contributed by atoms with Crippen LogP contribution in [-0.4, -0.2) is 40.2 Å². The minimum absolute atomic E-state index is 0.134.